The van der Waals surface area contributed by atoms with Gasteiger partial charge in [-0.05, 0) is 199 Å². The molecule has 0 bridgehead atoms. The van der Waals surface area contributed by atoms with E-state index in [0.29, 0.717) is 41.4 Å². The van der Waals surface area contributed by atoms with Crippen molar-refractivity contribution in [2.24, 2.45) is 28.2 Å². The number of aryl methyl sites for hydroxylation is 4. The third-order valence-corrected chi connectivity index (χ3v) is 23.6. The van der Waals surface area contributed by atoms with Crippen molar-refractivity contribution >= 4 is 38.7 Å². The molecule has 1 fully saturated rings. The molecule has 1 aliphatic heterocycles. The van der Waals surface area contributed by atoms with Gasteiger partial charge in [-0.3, -0.25) is 28.7 Å². The van der Waals surface area contributed by atoms with E-state index in [0.717, 1.165) is 65.5 Å². The molecule has 0 spiro atoms. The minimum Gasteiger partial charge on any atom is -0.495 e. The van der Waals surface area contributed by atoms with Crippen LogP contribution in [-0.4, -0.2) is 109 Å². The molecule has 9 aromatic carbocycles. The van der Waals surface area contributed by atoms with Crippen LogP contribution in [0.1, 0.15) is 183 Å². The lowest BCUT2D eigenvalue weighted by Crippen LogP contribution is -2.44. The summed E-state index contributed by atoms with van der Waals surface area (Å²) in [6.07, 6.45) is 20.2. The normalized spacial score (nSPS) is 12.0. The molecule has 0 unspecified atom stereocenters. The summed E-state index contributed by atoms with van der Waals surface area (Å²) in [4.78, 5) is 26.0. The predicted molar refractivity (Wildman–Crippen MR) is 531 cm³/mol. The molecular formula is C111H127N15O. The van der Waals surface area contributed by atoms with Crippen LogP contribution in [-0.2, 0) is 28.2 Å². The predicted octanol–water partition coefficient (Wildman–Crippen LogP) is 26.8. The minimum atomic E-state index is 0.536. The van der Waals surface area contributed by atoms with Gasteiger partial charge in [0.2, 0.25) is 0 Å². The molecule has 0 amide bonds. The first-order chi connectivity index (χ1) is 61.1. The fraction of sp³-hybridized carbons (Fsp3) is 0.288. The molecule has 127 heavy (non-hydrogen) atoms. The average Bonchev–Trinajstić information content (AvgIpc) is 1.68. The number of hydrogen-bond acceptors (Lipinski definition) is 12. The molecule has 16 nitrogen and oxygen atoms in total. The Morgan fingerprint density at radius 3 is 1.05 bits per heavy atom. The van der Waals surface area contributed by atoms with E-state index >= 15 is 0 Å². The molecule has 17 aromatic rings. The minimum absolute atomic E-state index is 0.536. The van der Waals surface area contributed by atoms with Crippen LogP contribution in [0, 0.1) is 6.92 Å². The zero-order chi connectivity index (χ0) is 90.4. The lowest BCUT2D eigenvalue weighted by molar-refractivity contribution is 0.312. The molecule has 0 aliphatic carbocycles. The topological polar surface area (TPSA) is 151 Å². The number of likely N-dealkylation sites (N-methyl/N-ethyl adjacent to an activating group) is 1. The average molecular weight is 1690 g/mol. The summed E-state index contributed by atoms with van der Waals surface area (Å²) in [5.41, 5.74) is 32.0. The maximum atomic E-state index is 5.19. The molecule has 9 heterocycles. The summed E-state index contributed by atoms with van der Waals surface area (Å²) in [5, 5.41) is 19.5. The number of methoxy groups -OCH3 is 1. The van der Waals surface area contributed by atoms with E-state index in [1.54, 1.807) is 25.8 Å². The molecule has 1 aliphatic rings. The smallest absolute Gasteiger partial charge is 0.137 e. The summed E-state index contributed by atoms with van der Waals surface area (Å²) in [7, 11) is 11.7. The van der Waals surface area contributed by atoms with Crippen molar-refractivity contribution in [3.05, 3.63) is 343 Å². The fourth-order valence-electron chi connectivity index (χ4n) is 15.1. The van der Waals surface area contributed by atoms with E-state index in [1.165, 1.54) is 128 Å². The van der Waals surface area contributed by atoms with Crippen LogP contribution in [0.15, 0.2) is 299 Å². The highest BCUT2D eigenvalue weighted by Crippen LogP contribution is 2.34. The Balaban J connectivity index is 0.000000135. The highest BCUT2D eigenvalue weighted by Gasteiger charge is 2.18. The van der Waals surface area contributed by atoms with E-state index in [1.807, 2.05) is 103 Å². The molecule has 16 heteroatoms. The lowest BCUT2D eigenvalue weighted by Gasteiger charge is -2.33. The van der Waals surface area contributed by atoms with Crippen molar-refractivity contribution in [3.8, 4) is 83.6 Å². The van der Waals surface area contributed by atoms with Gasteiger partial charge in [0.25, 0.3) is 0 Å². The van der Waals surface area contributed by atoms with Gasteiger partial charge in [0.05, 0.1) is 54.6 Å². The van der Waals surface area contributed by atoms with E-state index in [4.69, 9.17) is 4.74 Å². The molecule has 8 aromatic heterocycles. The number of pyridine rings is 3. The Bertz CT molecular complexity index is 6260. The van der Waals surface area contributed by atoms with Gasteiger partial charge in [-0.15, -0.1) is 0 Å². The van der Waals surface area contributed by atoms with Crippen LogP contribution in [0.3, 0.4) is 0 Å². The molecule has 652 valence electrons. The first-order valence-corrected chi connectivity index (χ1v) is 44.6. The zero-order valence-electron chi connectivity index (χ0n) is 78.3. The summed E-state index contributed by atoms with van der Waals surface area (Å²) >= 11 is 0. The van der Waals surface area contributed by atoms with Crippen LogP contribution in [0.5, 0.6) is 5.75 Å². The maximum absolute atomic E-state index is 5.19. The number of benzene rings is 9. The Labute approximate surface area is 753 Å². The second-order valence-electron chi connectivity index (χ2n) is 35.1. The Hall–Kier alpha value is -13.3. The van der Waals surface area contributed by atoms with Crippen LogP contribution in [0.4, 0.5) is 5.82 Å². The Morgan fingerprint density at radius 1 is 0.283 bits per heavy atom. The highest BCUT2D eigenvalue weighted by molar-refractivity contribution is 5.86. The number of anilines is 1. The van der Waals surface area contributed by atoms with E-state index in [2.05, 4.69) is 390 Å². The molecule has 0 radical (unpaired) electrons. The molecule has 0 N–H and O–H groups in total. The second kappa shape index (κ2) is 44.0. The molecule has 18 rings (SSSR count). The van der Waals surface area contributed by atoms with Crippen molar-refractivity contribution in [2.45, 2.75) is 145 Å². The summed E-state index contributed by atoms with van der Waals surface area (Å²) in [5.74, 6) is 5.74. The summed E-state index contributed by atoms with van der Waals surface area (Å²) < 4.78 is 12.8. The fourth-order valence-corrected chi connectivity index (χ4v) is 15.1. The van der Waals surface area contributed by atoms with Crippen molar-refractivity contribution in [3.63, 3.8) is 0 Å². The van der Waals surface area contributed by atoms with Gasteiger partial charge in [0, 0.05) is 124 Å². The molecule has 1 saturated heterocycles. The first-order valence-electron chi connectivity index (χ1n) is 44.6. The Kier molecular flexibility index (Phi) is 32.2. The second-order valence-corrected chi connectivity index (χ2v) is 35.1. The van der Waals surface area contributed by atoms with Crippen LogP contribution in [0.25, 0.3) is 111 Å². The van der Waals surface area contributed by atoms with E-state index in [9.17, 15) is 0 Å². The largest absolute Gasteiger partial charge is 0.495 e. The number of ether oxygens (including phenoxy) is 1. The Morgan fingerprint density at radius 2 is 0.638 bits per heavy atom. The van der Waals surface area contributed by atoms with Gasteiger partial charge in [-0.2, -0.15) is 20.4 Å². The van der Waals surface area contributed by atoms with Crippen molar-refractivity contribution < 1.29 is 4.74 Å². The third-order valence-electron chi connectivity index (χ3n) is 23.6. The van der Waals surface area contributed by atoms with Gasteiger partial charge in [-0.25, -0.2) is 15.0 Å². The van der Waals surface area contributed by atoms with Crippen LogP contribution < -0.4 is 9.64 Å². The molecule has 0 saturated carbocycles. The van der Waals surface area contributed by atoms with Crippen molar-refractivity contribution in [1.29, 1.82) is 0 Å². The van der Waals surface area contributed by atoms with Crippen molar-refractivity contribution in [2.75, 3.05) is 45.2 Å². The quantitative estimate of drug-likeness (QED) is 0.0905. The number of piperazine rings is 1. The molecule has 0 atom stereocenters. The van der Waals surface area contributed by atoms with Gasteiger partial charge < -0.3 is 14.5 Å². The monoisotopic (exact) mass is 1690 g/mol. The molecular weight excluding hydrogens is 1560 g/mol. The van der Waals surface area contributed by atoms with Gasteiger partial charge in [0.1, 0.15) is 23.4 Å². The van der Waals surface area contributed by atoms with Crippen LogP contribution >= 0.6 is 0 Å². The van der Waals surface area contributed by atoms with E-state index < -0.39 is 0 Å². The standard InChI is InChI=1S/C19H25N3.2C17H18N2.C16H17N3.C15H17NO.C14H18N2.C13H14N2/c1-15(2)16-5-4-6-17(13-16)18-7-8-20-19(14-18)22-11-9-21(3)10-12-22;2*1-12(2)13-5-4-6-14(9-13)15-7-8-17-16(10-15)11-18-19(17)3;1-11(2)12-5-4-6-13(7-12)14-8-16-15(17-9-14)10-18-19(16)3;1-11(2)12-5-4-6-13(7-12)14-8-15(17-3)10-16-9-14;1-10(2)12-6-5-7-13(8-12)14-9-15-16(4)11(14)3;1-10(2)11-4-3-5-12(6-11)13-7-14-9-15-8-13/h4-8,13-15H,9-12H2,1-3H3;2*4-12H,1-3H3;4-11H,1-3H3;4-11H,1-3H3;5-10H,1-4H3;3-10H,1-2H3. The van der Waals surface area contributed by atoms with E-state index in [-0.39, 0.29) is 0 Å². The van der Waals surface area contributed by atoms with Crippen molar-refractivity contribution in [1.82, 2.24) is 68.9 Å². The number of rotatable bonds is 16. The number of hydrogen-bond donors (Lipinski definition) is 0. The lowest BCUT2D eigenvalue weighted by atomic mass is 9.97. The third kappa shape index (κ3) is 24.9. The number of fused-ring (bicyclic) bond motifs is 3. The number of nitrogens with zero attached hydrogens (tertiary/aromatic N) is 15. The number of aromatic nitrogens is 13. The summed E-state index contributed by atoms with van der Waals surface area (Å²) in [6, 6.07) is 82.4. The zero-order valence-corrected chi connectivity index (χ0v) is 78.3. The van der Waals surface area contributed by atoms with Gasteiger partial charge in [0.15, 0.2) is 0 Å². The van der Waals surface area contributed by atoms with Gasteiger partial charge >= 0.3 is 0 Å². The SMILES string of the molecule is CC(C)c1cccc(-c2ccc3c(cnn3C)c2)c1.CC(C)c1cccc(-c2ccc3c(cnn3C)c2)c1.CC(C)c1cccc(-c2ccnc(N3CCN(C)CC3)c2)c1.CC(C)c1cccc(-c2cnc3cnn(C)c3c2)c1.CC(C)c1cccc(-c2cncnc2)c1.COc1cncc(-c2cccc(C(C)C)c2)c1.Cc1c(-c2cccc(C(C)C)c2)cnn1C. The van der Waals surface area contributed by atoms with Crippen LogP contribution in [0.2, 0.25) is 0 Å². The maximum Gasteiger partial charge on any atom is 0.137 e. The summed E-state index contributed by atoms with van der Waals surface area (Å²) in [6.45, 7) is 37.4. The van der Waals surface area contributed by atoms with Gasteiger partial charge in [-0.1, -0.05) is 279 Å². The highest BCUT2D eigenvalue weighted by atomic mass is 16.5. The first kappa shape index (κ1) is 92.9.